The van der Waals surface area contributed by atoms with Gasteiger partial charge in [-0.1, -0.05) is 42.9 Å². The summed E-state index contributed by atoms with van der Waals surface area (Å²) in [4.78, 5) is 36.4. The van der Waals surface area contributed by atoms with Crippen molar-refractivity contribution in [2.24, 2.45) is 0 Å². The van der Waals surface area contributed by atoms with E-state index in [0.29, 0.717) is 24.8 Å². The number of nitrogens with zero attached hydrogens (tertiary/aromatic N) is 5. The number of pyridine rings is 1. The van der Waals surface area contributed by atoms with Gasteiger partial charge in [-0.3, -0.25) is 4.79 Å². The molecule has 0 N–H and O–H groups in total. The Morgan fingerprint density at radius 1 is 1.12 bits per heavy atom. The van der Waals surface area contributed by atoms with E-state index in [1.165, 1.54) is 24.3 Å². The van der Waals surface area contributed by atoms with Crippen molar-refractivity contribution in [3.63, 3.8) is 0 Å². The monoisotopic (exact) mass is 629 g/mol. The number of fused-ring (bicyclic) bond motifs is 1. The number of rotatable bonds is 5. The smallest absolute Gasteiger partial charge is 0.355 e. The minimum absolute atomic E-state index is 0.00503. The van der Waals surface area contributed by atoms with Crippen molar-refractivity contribution in [2.75, 3.05) is 30.1 Å². The minimum Gasteiger partial charge on any atom is -0.382 e. The molecule has 9 nitrogen and oxygen atoms in total. The number of hydrogen-bond donors (Lipinski definition) is 0. The molecule has 42 heavy (non-hydrogen) atoms. The molecule has 3 heterocycles. The molecule has 1 aliphatic heterocycles. The summed E-state index contributed by atoms with van der Waals surface area (Å²) < 4.78 is 59.3. The van der Waals surface area contributed by atoms with Crippen LogP contribution < -0.4 is 10.3 Å². The number of para-hydroxylation sites is 1. The zero-order valence-corrected chi connectivity index (χ0v) is 25.7. The molecular weight excluding hydrogens is 604 g/mol. The van der Waals surface area contributed by atoms with Crippen LogP contribution in [0.25, 0.3) is 28.0 Å². The summed E-state index contributed by atoms with van der Waals surface area (Å²) in [5.74, 6) is -1.80. The lowest BCUT2D eigenvalue weighted by molar-refractivity contribution is -0.125. The van der Waals surface area contributed by atoms with Crippen LogP contribution in [0.3, 0.4) is 0 Å². The van der Waals surface area contributed by atoms with Gasteiger partial charge in [0.25, 0.3) is 0 Å². The summed E-state index contributed by atoms with van der Waals surface area (Å²) in [5, 5.41) is 0.0227. The second kappa shape index (κ2) is 11.0. The first kappa shape index (κ1) is 29.5. The molecule has 1 saturated heterocycles. The number of hydrogen-bond acceptors (Lipinski definition) is 7. The fourth-order valence-electron chi connectivity index (χ4n) is 5.24. The van der Waals surface area contributed by atoms with Crippen LogP contribution in [0.2, 0.25) is 11.6 Å². The van der Waals surface area contributed by atoms with Crippen LogP contribution in [0.4, 0.5) is 14.6 Å². The van der Waals surface area contributed by atoms with E-state index in [2.05, 4.69) is 16.5 Å². The van der Waals surface area contributed by atoms with Gasteiger partial charge in [-0.25, -0.2) is 31.5 Å². The topological polar surface area (TPSA) is 105 Å². The Morgan fingerprint density at radius 3 is 2.48 bits per heavy atom. The van der Waals surface area contributed by atoms with Crippen LogP contribution >= 0.6 is 11.6 Å². The average Bonchev–Trinajstić information content (AvgIpc) is 2.92. The highest BCUT2D eigenvalue weighted by molar-refractivity contribution is 7.90. The minimum atomic E-state index is -3.85. The maximum Gasteiger partial charge on any atom is 0.355 e. The van der Waals surface area contributed by atoms with Gasteiger partial charge in [0.05, 0.1) is 26.6 Å². The Balaban J connectivity index is 1.86. The number of sulfone groups is 1. The Morgan fingerprint density at radius 2 is 1.83 bits per heavy atom. The van der Waals surface area contributed by atoms with Crippen molar-refractivity contribution in [2.45, 2.75) is 18.4 Å². The lowest BCUT2D eigenvalue weighted by atomic mass is 10.1. The third-order valence-electron chi connectivity index (χ3n) is 7.21. The normalized spacial score (nSPS) is 15.7. The Kier molecular flexibility index (Phi) is 7.77. The van der Waals surface area contributed by atoms with Crippen molar-refractivity contribution < 1.29 is 22.0 Å². The van der Waals surface area contributed by atoms with Crippen LogP contribution in [0.1, 0.15) is 5.56 Å². The predicted octanol–water partition coefficient (Wildman–Crippen LogP) is 3.82. The third-order valence-corrected chi connectivity index (χ3v) is 11.2. The predicted molar refractivity (Wildman–Crippen MR) is 160 cm³/mol. The first-order valence-electron chi connectivity index (χ1n) is 12.9. The molecular formula is C28H26ClF2N5O4SSi. The van der Waals surface area contributed by atoms with E-state index in [1.54, 1.807) is 24.0 Å². The fourth-order valence-corrected chi connectivity index (χ4v) is 8.79. The largest absolute Gasteiger partial charge is 0.382 e. The zero-order chi connectivity index (χ0) is 30.5. The Hall–Kier alpha value is -3.94. The molecule has 0 bridgehead atoms. The SMILES string of the molecule is C=CC(=O)N1CCN(c2nc(=O)n(-c3c(C)cccc3S(C)(=O)=O)c3nc(-c4c(F)cccc4Cl)c(F)cc23)[Si@@H](C)C1. The summed E-state index contributed by atoms with van der Waals surface area (Å²) >= 11 is 6.26. The summed E-state index contributed by atoms with van der Waals surface area (Å²) in [6, 6.07) is 9.49. The van der Waals surface area contributed by atoms with Gasteiger partial charge in [-0.05, 0) is 42.8 Å². The molecule has 0 saturated carbocycles. The maximum atomic E-state index is 15.8. The molecule has 14 heteroatoms. The number of halogens is 3. The summed E-state index contributed by atoms with van der Waals surface area (Å²) in [5.41, 5.74) is -1.30. The number of carbonyl (C=O) groups is 1. The second-order valence-electron chi connectivity index (χ2n) is 10.1. The van der Waals surface area contributed by atoms with Crippen LogP contribution in [0, 0.1) is 18.6 Å². The lowest BCUT2D eigenvalue weighted by Crippen LogP contribution is -2.57. The molecule has 1 aliphatic rings. The van der Waals surface area contributed by atoms with Gasteiger partial charge in [0.15, 0.2) is 30.3 Å². The highest BCUT2D eigenvalue weighted by Crippen LogP contribution is 2.36. The number of aromatic nitrogens is 3. The van der Waals surface area contributed by atoms with Gasteiger partial charge < -0.3 is 9.47 Å². The zero-order valence-electron chi connectivity index (χ0n) is 22.9. The number of benzene rings is 2. The molecule has 1 amide bonds. The van der Waals surface area contributed by atoms with Gasteiger partial charge in [0.1, 0.15) is 17.3 Å². The molecule has 218 valence electrons. The Bertz CT molecular complexity index is 1930. The van der Waals surface area contributed by atoms with E-state index in [9.17, 15) is 22.4 Å². The van der Waals surface area contributed by atoms with E-state index >= 15 is 4.39 Å². The van der Waals surface area contributed by atoms with E-state index in [1.807, 2.05) is 11.1 Å². The van der Waals surface area contributed by atoms with Gasteiger partial charge in [-0.15, -0.1) is 0 Å². The van der Waals surface area contributed by atoms with Gasteiger partial charge in [-0.2, -0.15) is 4.98 Å². The van der Waals surface area contributed by atoms with Crippen LogP contribution in [-0.2, 0) is 14.6 Å². The van der Waals surface area contributed by atoms with Gasteiger partial charge in [0.2, 0.25) is 5.91 Å². The van der Waals surface area contributed by atoms with Crippen LogP contribution in [0.15, 0.2) is 64.8 Å². The number of amides is 1. The third kappa shape index (κ3) is 5.12. The first-order chi connectivity index (χ1) is 19.8. The van der Waals surface area contributed by atoms with Crippen molar-refractivity contribution in [1.82, 2.24) is 19.4 Å². The van der Waals surface area contributed by atoms with E-state index in [4.69, 9.17) is 11.6 Å². The quantitative estimate of drug-likeness (QED) is 0.244. The fraction of sp³-hybridized carbons (Fsp3) is 0.214. The highest BCUT2D eigenvalue weighted by atomic mass is 35.5. The van der Waals surface area contributed by atoms with Crippen LogP contribution in [-0.4, -0.2) is 68.2 Å². The Labute approximate surface area is 247 Å². The molecule has 5 rings (SSSR count). The summed E-state index contributed by atoms with van der Waals surface area (Å²) in [6.45, 7) is 7.77. The van der Waals surface area contributed by atoms with Crippen LogP contribution in [0.5, 0.6) is 0 Å². The number of anilines is 1. The first-order valence-corrected chi connectivity index (χ1v) is 17.6. The maximum absolute atomic E-state index is 15.8. The van der Waals surface area contributed by atoms with Crippen molar-refractivity contribution >= 4 is 53.2 Å². The average molecular weight is 630 g/mol. The standard InChI is InChI=1S/C28H26ClF2N5O4SSi/c1-5-22(37)34-12-13-35(42(4)15-34)26-17-14-20(31)24(23-18(29)9-7-10-19(23)30)32-27(17)36(28(38)33-26)25-16(2)8-6-11-21(25)41(3,39)40/h5-11,14,42H,1,12-13,15H2,2-4H3/t42-/m0/s1. The summed E-state index contributed by atoms with van der Waals surface area (Å²) in [7, 11) is -5.83. The molecule has 0 aliphatic carbocycles. The van der Waals surface area contributed by atoms with Crippen molar-refractivity contribution in [1.29, 1.82) is 0 Å². The van der Waals surface area contributed by atoms with E-state index in [0.717, 1.165) is 23.0 Å². The number of aryl methyl sites for hydroxylation is 1. The molecule has 4 aromatic rings. The lowest BCUT2D eigenvalue weighted by Gasteiger charge is -2.40. The van der Waals surface area contributed by atoms with E-state index < -0.39 is 41.8 Å². The molecule has 0 unspecified atom stereocenters. The van der Waals surface area contributed by atoms with E-state index in [-0.39, 0.29) is 43.9 Å². The van der Waals surface area contributed by atoms with Crippen molar-refractivity contribution in [3.05, 3.63) is 87.8 Å². The molecule has 1 fully saturated rings. The number of carbonyl (C=O) groups excluding carboxylic acids is 1. The highest BCUT2D eigenvalue weighted by Gasteiger charge is 2.32. The van der Waals surface area contributed by atoms with Crippen molar-refractivity contribution in [3.8, 4) is 16.9 Å². The van der Waals surface area contributed by atoms with Gasteiger partial charge >= 0.3 is 5.69 Å². The molecule has 0 spiro atoms. The molecule has 0 radical (unpaired) electrons. The second-order valence-corrected chi connectivity index (χ2v) is 15.1. The molecule has 1 atom stereocenters. The molecule has 2 aromatic carbocycles. The van der Waals surface area contributed by atoms with Gasteiger partial charge in [0, 0.05) is 25.5 Å². The molecule has 2 aromatic heterocycles. The summed E-state index contributed by atoms with van der Waals surface area (Å²) in [6.07, 6.45) is 2.67.